The summed E-state index contributed by atoms with van der Waals surface area (Å²) in [6.45, 7) is 0. The van der Waals surface area contributed by atoms with E-state index in [1.807, 2.05) is 0 Å². The lowest BCUT2D eigenvalue weighted by Gasteiger charge is -2.11. The minimum atomic E-state index is -1.16. The van der Waals surface area contributed by atoms with Gasteiger partial charge in [-0.05, 0) is 6.07 Å². The van der Waals surface area contributed by atoms with Crippen LogP contribution in [0.5, 0.6) is 5.75 Å². The highest BCUT2D eigenvalue weighted by molar-refractivity contribution is 6.33. The van der Waals surface area contributed by atoms with Gasteiger partial charge in [-0.25, -0.2) is 9.78 Å². The molecule has 0 atom stereocenters. The Morgan fingerprint density at radius 3 is 2.85 bits per heavy atom. The zero-order valence-electron chi connectivity index (χ0n) is 10.3. The van der Waals surface area contributed by atoms with Gasteiger partial charge in [0.05, 0.1) is 17.8 Å². The SMILES string of the molecule is COc1cc(Nc2ncc[nH]c2=O)c(Cl)cc1C(=O)O. The van der Waals surface area contributed by atoms with E-state index in [9.17, 15) is 9.59 Å². The molecule has 8 heteroatoms. The second kappa shape index (κ2) is 5.62. The van der Waals surface area contributed by atoms with Crippen LogP contribution in [0.4, 0.5) is 11.5 Å². The molecular weight excluding hydrogens is 286 g/mol. The molecule has 0 aliphatic rings. The summed E-state index contributed by atoms with van der Waals surface area (Å²) >= 11 is 5.98. The number of hydrogen-bond acceptors (Lipinski definition) is 5. The van der Waals surface area contributed by atoms with Crippen molar-refractivity contribution < 1.29 is 14.6 Å². The Morgan fingerprint density at radius 2 is 2.25 bits per heavy atom. The first-order chi connectivity index (χ1) is 9.52. The van der Waals surface area contributed by atoms with Crippen molar-refractivity contribution in [2.24, 2.45) is 0 Å². The van der Waals surface area contributed by atoms with Crippen LogP contribution < -0.4 is 15.6 Å². The van der Waals surface area contributed by atoms with Crippen molar-refractivity contribution in [3.63, 3.8) is 0 Å². The number of nitrogens with zero attached hydrogens (tertiary/aromatic N) is 1. The molecule has 0 saturated heterocycles. The Hall–Kier alpha value is -2.54. The first kappa shape index (κ1) is 13.9. The summed E-state index contributed by atoms with van der Waals surface area (Å²) in [7, 11) is 1.34. The van der Waals surface area contributed by atoms with Gasteiger partial charge in [0, 0.05) is 18.5 Å². The van der Waals surface area contributed by atoms with E-state index in [-0.39, 0.29) is 22.2 Å². The van der Waals surface area contributed by atoms with Gasteiger partial charge in [0.1, 0.15) is 11.3 Å². The Labute approximate surface area is 118 Å². The van der Waals surface area contributed by atoms with E-state index in [2.05, 4.69) is 15.3 Å². The molecule has 0 amide bonds. The largest absolute Gasteiger partial charge is 0.496 e. The van der Waals surface area contributed by atoms with Crippen molar-refractivity contribution >= 4 is 29.1 Å². The number of carboxylic acid groups (broad SMARTS) is 1. The summed E-state index contributed by atoms with van der Waals surface area (Å²) in [5.41, 5.74) is -0.180. The van der Waals surface area contributed by atoms with Crippen LogP contribution in [-0.2, 0) is 0 Å². The zero-order valence-corrected chi connectivity index (χ0v) is 11.1. The van der Waals surface area contributed by atoms with Crippen molar-refractivity contribution in [1.29, 1.82) is 0 Å². The first-order valence-corrected chi connectivity index (χ1v) is 5.82. The molecule has 0 aliphatic carbocycles. The molecule has 1 aromatic heterocycles. The summed E-state index contributed by atoms with van der Waals surface area (Å²) in [6.07, 6.45) is 2.80. The highest BCUT2D eigenvalue weighted by atomic mass is 35.5. The molecule has 0 aliphatic heterocycles. The van der Waals surface area contributed by atoms with Crippen molar-refractivity contribution in [2.45, 2.75) is 0 Å². The minimum absolute atomic E-state index is 0.0412. The molecule has 1 aromatic carbocycles. The molecule has 7 nitrogen and oxygen atoms in total. The van der Waals surface area contributed by atoms with E-state index in [1.165, 1.54) is 31.6 Å². The fourth-order valence-electron chi connectivity index (χ4n) is 1.55. The fraction of sp³-hybridized carbons (Fsp3) is 0.0833. The second-order valence-corrected chi connectivity index (χ2v) is 4.14. The third kappa shape index (κ3) is 2.72. The summed E-state index contributed by atoms with van der Waals surface area (Å²) in [4.78, 5) is 28.9. The monoisotopic (exact) mass is 295 g/mol. The maximum absolute atomic E-state index is 11.5. The van der Waals surface area contributed by atoms with Crippen LogP contribution in [0, 0.1) is 0 Å². The lowest BCUT2D eigenvalue weighted by Crippen LogP contribution is -2.13. The van der Waals surface area contributed by atoms with Gasteiger partial charge in [-0.3, -0.25) is 4.79 Å². The molecule has 0 spiro atoms. The van der Waals surface area contributed by atoms with Crippen LogP contribution in [-0.4, -0.2) is 28.2 Å². The number of carbonyl (C=O) groups is 1. The maximum Gasteiger partial charge on any atom is 0.339 e. The number of aromatic nitrogens is 2. The minimum Gasteiger partial charge on any atom is -0.496 e. The lowest BCUT2D eigenvalue weighted by atomic mass is 10.2. The maximum atomic E-state index is 11.5. The van der Waals surface area contributed by atoms with E-state index >= 15 is 0 Å². The van der Waals surface area contributed by atoms with E-state index < -0.39 is 11.5 Å². The Bertz CT molecular complexity index is 714. The molecule has 0 fully saturated rings. The lowest BCUT2D eigenvalue weighted by molar-refractivity contribution is 0.0693. The summed E-state index contributed by atoms with van der Waals surface area (Å²) < 4.78 is 4.98. The van der Waals surface area contributed by atoms with Crippen LogP contribution in [0.3, 0.4) is 0 Å². The Balaban J connectivity index is 2.46. The topological polar surface area (TPSA) is 104 Å². The highest BCUT2D eigenvalue weighted by Gasteiger charge is 2.15. The van der Waals surface area contributed by atoms with E-state index in [0.29, 0.717) is 5.69 Å². The molecule has 2 aromatic rings. The number of hydrogen-bond donors (Lipinski definition) is 3. The smallest absolute Gasteiger partial charge is 0.339 e. The number of carboxylic acids is 1. The van der Waals surface area contributed by atoms with Crippen molar-refractivity contribution in [3.05, 3.63) is 45.5 Å². The normalized spacial score (nSPS) is 10.1. The third-order valence-electron chi connectivity index (χ3n) is 2.48. The summed E-state index contributed by atoms with van der Waals surface area (Å²) in [5, 5.41) is 11.9. The van der Waals surface area contributed by atoms with Crippen molar-refractivity contribution in [1.82, 2.24) is 9.97 Å². The van der Waals surface area contributed by atoms with Crippen molar-refractivity contribution in [2.75, 3.05) is 12.4 Å². The number of aromatic carboxylic acids is 1. The van der Waals surface area contributed by atoms with Gasteiger partial charge in [-0.15, -0.1) is 0 Å². The van der Waals surface area contributed by atoms with Gasteiger partial charge in [0.15, 0.2) is 5.82 Å². The number of aromatic amines is 1. The molecule has 2 rings (SSSR count). The summed E-state index contributed by atoms with van der Waals surface area (Å²) in [5.74, 6) is -0.998. The third-order valence-corrected chi connectivity index (χ3v) is 2.79. The number of benzene rings is 1. The van der Waals surface area contributed by atoms with Crippen LogP contribution in [0.15, 0.2) is 29.3 Å². The van der Waals surface area contributed by atoms with Crippen LogP contribution in [0.1, 0.15) is 10.4 Å². The second-order valence-electron chi connectivity index (χ2n) is 3.73. The number of H-pyrrole nitrogens is 1. The van der Waals surface area contributed by atoms with Gasteiger partial charge in [0.25, 0.3) is 5.56 Å². The number of halogens is 1. The fourth-order valence-corrected chi connectivity index (χ4v) is 1.76. The predicted octanol–water partition coefficient (Wildman–Crippen LogP) is 1.87. The molecule has 3 N–H and O–H groups in total. The quantitative estimate of drug-likeness (QED) is 0.795. The number of rotatable bonds is 4. The highest BCUT2D eigenvalue weighted by Crippen LogP contribution is 2.32. The molecule has 104 valence electrons. The molecule has 0 radical (unpaired) electrons. The predicted molar refractivity (Wildman–Crippen MR) is 73.1 cm³/mol. The van der Waals surface area contributed by atoms with E-state index in [1.54, 1.807) is 0 Å². The molecule has 1 heterocycles. The van der Waals surface area contributed by atoms with E-state index in [4.69, 9.17) is 21.4 Å². The Kier molecular flexibility index (Phi) is 3.90. The number of anilines is 2. The van der Waals surface area contributed by atoms with Crippen molar-refractivity contribution in [3.8, 4) is 5.75 Å². The van der Waals surface area contributed by atoms with Crippen LogP contribution >= 0.6 is 11.6 Å². The summed E-state index contributed by atoms with van der Waals surface area (Å²) in [6, 6.07) is 2.63. The molecule has 0 bridgehead atoms. The van der Waals surface area contributed by atoms with Crippen LogP contribution in [0.25, 0.3) is 0 Å². The van der Waals surface area contributed by atoms with Crippen LogP contribution in [0.2, 0.25) is 5.02 Å². The molecular formula is C12H10ClN3O4. The Morgan fingerprint density at radius 1 is 1.50 bits per heavy atom. The molecule has 20 heavy (non-hydrogen) atoms. The van der Waals surface area contributed by atoms with Gasteiger partial charge in [-0.2, -0.15) is 0 Å². The van der Waals surface area contributed by atoms with E-state index in [0.717, 1.165) is 0 Å². The molecule has 0 unspecified atom stereocenters. The van der Waals surface area contributed by atoms with Gasteiger partial charge < -0.3 is 20.1 Å². The number of methoxy groups -OCH3 is 1. The zero-order chi connectivity index (χ0) is 14.7. The number of ether oxygens (including phenoxy) is 1. The van der Waals surface area contributed by atoms with Gasteiger partial charge in [0.2, 0.25) is 0 Å². The standard InChI is InChI=1S/C12H10ClN3O4/c1-20-9-5-8(7(13)4-6(9)12(18)19)16-10-11(17)15-3-2-14-10/h2-5H,1H3,(H,14,16)(H,15,17)(H,18,19). The van der Waals surface area contributed by atoms with Gasteiger partial charge >= 0.3 is 5.97 Å². The van der Waals surface area contributed by atoms with Gasteiger partial charge in [-0.1, -0.05) is 11.6 Å². The molecule has 0 saturated carbocycles. The average molecular weight is 296 g/mol. The number of nitrogens with one attached hydrogen (secondary N) is 2. The first-order valence-electron chi connectivity index (χ1n) is 5.44. The average Bonchev–Trinajstić information content (AvgIpc) is 2.42.